The van der Waals surface area contributed by atoms with E-state index in [1.54, 1.807) is 38.1 Å². The van der Waals surface area contributed by atoms with Crippen LogP contribution in [-0.4, -0.2) is 44.2 Å². The highest BCUT2D eigenvalue weighted by atomic mass is 35.5. The van der Waals surface area contributed by atoms with Crippen LogP contribution in [0.2, 0.25) is 10.0 Å². The predicted molar refractivity (Wildman–Crippen MR) is 135 cm³/mol. The molecular weight excluding hydrogens is 497 g/mol. The van der Waals surface area contributed by atoms with Crippen LogP contribution in [0.25, 0.3) is 0 Å². The molecule has 0 bridgehead atoms. The normalized spacial score (nSPS) is 11.7. The van der Waals surface area contributed by atoms with Gasteiger partial charge in [0.1, 0.15) is 21.5 Å². The van der Waals surface area contributed by atoms with Gasteiger partial charge in [-0.05, 0) is 58.9 Å². The van der Waals surface area contributed by atoms with Gasteiger partial charge in [-0.15, -0.1) is 0 Å². The van der Waals surface area contributed by atoms with Crippen LogP contribution < -0.4 is 24.3 Å². The first-order valence-corrected chi connectivity index (χ1v) is 11.9. The van der Waals surface area contributed by atoms with E-state index in [9.17, 15) is 9.59 Å². The van der Waals surface area contributed by atoms with E-state index >= 15 is 0 Å². The van der Waals surface area contributed by atoms with Crippen molar-refractivity contribution in [1.29, 1.82) is 0 Å². The number of hydrogen-bond acceptors (Lipinski definition) is 8. The molecule has 0 spiro atoms. The lowest BCUT2D eigenvalue weighted by Gasteiger charge is -2.17. The van der Waals surface area contributed by atoms with Gasteiger partial charge in [0.15, 0.2) is 23.0 Å². The van der Waals surface area contributed by atoms with Gasteiger partial charge in [-0.25, -0.2) is 0 Å². The van der Waals surface area contributed by atoms with E-state index in [0.717, 1.165) is 0 Å². The van der Waals surface area contributed by atoms with Crippen molar-refractivity contribution in [2.24, 2.45) is 10.2 Å². The van der Waals surface area contributed by atoms with Crippen LogP contribution in [0, 0.1) is 0 Å². The summed E-state index contributed by atoms with van der Waals surface area (Å²) in [5, 5.41) is 11.0. The number of amides is 1. The number of azo groups is 1. The Morgan fingerprint density at radius 2 is 1.40 bits per heavy atom. The molecule has 0 fully saturated rings. The minimum atomic E-state index is -1.44. The number of anilines is 1. The molecule has 0 aromatic heterocycles. The van der Waals surface area contributed by atoms with Gasteiger partial charge in [0.25, 0.3) is 5.91 Å². The van der Waals surface area contributed by atoms with Gasteiger partial charge in [-0.3, -0.25) is 9.59 Å². The van der Waals surface area contributed by atoms with Crippen molar-refractivity contribution in [2.75, 3.05) is 31.7 Å². The number of nitrogens with one attached hydrogen (secondary N) is 1. The van der Waals surface area contributed by atoms with Gasteiger partial charge in [0.05, 0.1) is 32.1 Å². The standard InChI is InChI=1S/C24H29Cl2N3O6/c1-6-32-17-12-11-16(22(20(17)26)34-8-3)27-24(31)21(14(5)30)29-28-15-10-13-18(33-7-2)23(19(15)25)35-9-4/h10-13,21H,6-9H2,1-5H3,(H,27,31). The van der Waals surface area contributed by atoms with Crippen LogP contribution in [0.1, 0.15) is 34.6 Å². The lowest BCUT2D eigenvalue weighted by Crippen LogP contribution is -2.32. The van der Waals surface area contributed by atoms with E-state index in [0.29, 0.717) is 43.7 Å². The molecule has 0 saturated carbocycles. The molecule has 190 valence electrons. The summed E-state index contributed by atoms with van der Waals surface area (Å²) in [6.07, 6.45) is 0. The molecule has 2 aromatic carbocycles. The fraction of sp³-hybridized carbons (Fsp3) is 0.417. The highest BCUT2D eigenvalue weighted by Gasteiger charge is 2.26. The summed E-state index contributed by atoms with van der Waals surface area (Å²) >= 11 is 12.8. The van der Waals surface area contributed by atoms with Gasteiger partial charge in [0, 0.05) is 0 Å². The summed E-state index contributed by atoms with van der Waals surface area (Å²) < 4.78 is 22.2. The molecule has 11 heteroatoms. The minimum absolute atomic E-state index is 0.154. The maximum absolute atomic E-state index is 13.0. The summed E-state index contributed by atoms with van der Waals surface area (Å²) in [5.74, 6) is 0.164. The number of rotatable bonds is 13. The van der Waals surface area contributed by atoms with Gasteiger partial charge in [0.2, 0.25) is 6.04 Å². The first-order chi connectivity index (χ1) is 16.8. The topological polar surface area (TPSA) is 108 Å². The minimum Gasteiger partial charge on any atom is -0.492 e. The van der Waals surface area contributed by atoms with Crippen molar-refractivity contribution in [2.45, 2.75) is 40.7 Å². The number of carbonyl (C=O) groups excluding carboxylic acids is 2. The fourth-order valence-corrected chi connectivity index (χ4v) is 3.50. The second-order valence-corrected chi connectivity index (χ2v) is 7.69. The van der Waals surface area contributed by atoms with Crippen molar-refractivity contribution in [3.8, 4) is 23.0 Å². The largest absolute Gasteiger partial charge is 0.492 e. The number of Topliss-reactive ketones (excluding diaryl/α,β-unsaturated/α-hetero) is 1. The van der Waals surface area contributed by atoms with Gasteiger partial charge < -0.3 is 24.3 Å². The number of benzene rings is 2. The van der Waals surface area contributed by atoms with Crippen LogP contribution in [0.3, 0.4) is 0 Å². The van der Waals surface area contributed by atoms with Gasteiger partial charge in [-0.1, -0.05) is 23.2 Å². The Kier molecular flexibility index (Phi) is 11.1. The molecule has 35 heavy (non-hydrogen) atoms. The Hall–Kier alpha value is -3.04. The van der Waals surface area contributed by atoms with E-state index < -0.39 is 17.7 Å². The first-order valence-electron chi connectivity index (χ1n) is 11.2. The van der Waals surface area contributed by atoms with E-state index in [4.69, 9.17) is 42.1 Å². The third-order valence-electron chi connectivity index (χ3n) is 4.45. The van der Waals surface area contributed by atoms with Crippen LogP contribution in [0.15, 0.2) is 34.5 Å². The number of hydrogen-bond donors (Lipinski definition) is 1. The Balaban J connectivity index is 2.34. The second kappa shape index (κ2) is 13.7. The zero-order valence-corrected chi connectivity index (χ0v) is 21.8. The highest BCUT2D eigenvalue weighted by molar-refractivity contribution is 6.35. The molecule has 1 atom stereocenters. The van der Waals surface area contributed by atoms with Crippen molar-refractivity contribution < 1.29 is 28.5 Å². The van der Waals surface area contributed by atoms with Crippen LogP contribution >= 0.6 is 23.2 Å². The maximum Gasteiger partial charge on any atom is 0.258 e. The number of ketones is 1. The number of nitrogens with zero attached hydrogens (tertiary/aromatic N) is 2. The lowest BCUT2D eigenvalue weighted by atomic mass is 10.2. The SMILES string of the molecule is CCOc1ccc(NC(=O)C(N=Nc2ccc(OCC)c(OCC)c2Cl)C(C)=O)c(OCC)c1Cl. The molecule has 1 N–H and O–H groups in total. The smallest absolute Gasteiger partial charge is 0.258 e. The molecule has 1 unspecified atom stereocenters. The molecule has 0 aliphatic carbocycles. The molecule has 2 aromatic rings. The van der Waals surface area contributed by atoms with Gasteiger partial charge >= 0.3 is 0 Å². The molecule has 0 radical (unpaired) electrons. The summed E-state index contributed by atoms with van der Waals surface area (Å²) in [4.78, 5) is 25.2. The van der Waals surface area contributed by atoms with Crippen LogP contribution in [0.4, 0.5) is 11.4 Å². The Labute approximate surface area is 214 Å². The third-order valence-corrected chi connectivity index (χ3v) is 5.17. The Bertz CT molecular complexity index is 1080. The van der Waals surface area contributed by atoms with Crippen LogP contribution in [-0.2, 0) is 9.59 Å². The zero-order chi connectivity index (χ0) is 26.0. The van der Waals surface area contributed by atoms with Crippen molar-refractivity contribution in [1.82, 2.24) is 0 Å². The quantitative estimate of drug-likeness (QED) is 0.244. The molecule has 9 nitrogen and oxygen atoms in total. The molecule has 0 saturated heterocycles. The predicted octanol–water partition coefficient (Wildman–Crippen LogP) is 6.27. The monoisotopic (exact) mass is 525 g/mol. The highest BCUT2D eigenvalue weighted by Crippen LogP contribution is 2.42. The molecule has 0 aliphatic heterocycles. The Morgan fingerprint density at radius 1 is 0.829 bits per heavy atom. The molecule has 2 rings (SSSR count). The average Bonchev–Trinajstić information content (AvgIpc) is 2.81. The lowest BCUT2D eigenvalue weighted by molar-refractivity contribution is -0.126. The summed E-state index contributed by atoms with van der Waals surface area (Å²) in [6.45, 7) is 9.96. The summed E-state index contributed by atoms with van der Waals surface area (Å²) in [7, 11) is 0. The van der Waals surface area contributed by atoms with E-state index in [1.807, 2.05) is 13.8 Å². The second-order valence-electron chi connectivity index (χ2n) is 6.93. The van der Waals surface area contributed by atoms with Crippen molar-refractivity contribution >= 4 is 46.3 Å². The number of carbonyl (C=O) groups is 2. The van der Waals surface area contributed by atoms with E-state index in [1.165, 1.54) is 6.92 Å². The third kappa shape index (κ3) is 7.22. The zero-order valence-electron chi connectivity index (χ0n) is 20.3. The number of ether oxygens (including phenoxy) is 4. The average molecular weight is 526 g/mol. The maximum atomic E-state index is 13.0. The molecule has 1 amide bonds. The molecule has 0 heterocycles. The summed E-state index contributed by atoms with van der Waals surface area (Å²) in [5.41, 5.74) is 0.487. The number of halogens is 2. The van der Waals surface area contributed by atoms with E-state index in [2.05, 4.69) is 15.5 Å². The van der Waals surface area contributed by atoms with E-state index in [-0.39, 0.29) is 27.2 Å². The molecular formula is C24H29Cl2N3O6. The summed E-state index contributed by atoms with van der Waals surface area (Å²) in [6, 6.07) is 4.93. The van der Waals surface area contributed by atoms with Crippen LogP contribution in [0.5, 0.6) is 23.0 Å². The molecule has 0 aliphatic rings. The Morgan fingerprint density at radius 3 is 2.00 bits per heavy atom. The first kappa shape index (κ1) is 28.2. The van der Waals surface area contributed by atoms with Crippen molar-refractivity contribution in [3.63, 3.8) is 0 Å². The van der Waals surface area contributed by atoms with Crippen molar-refractivity contribution in [3.05, 3.63) is 34.3 Å². The fourth-order valence-electron chi connectivity index (χ4n) is 2.98. The van der Waals surface area contributed by atoms with Gasteiger partial charge in [-0.2, -0.15) is 10.2 Å².